The number of amides is 1. The highest BCUT2D eigenvalue weighted by Gasteiger charge is 2.05. The van der Waals surface area contributed by atoms with E-state index in [0.717, 1.165) is 5.56 Å². The van der Waals surface area contributed by atoms with E-state index in [2.05, 4.69) is 5.32 Å². The summed E-state index contributed by atoms with van der Waals surface area (Å²) in [7, 11) is 0. The van der Waals surface area contributed by atoms with E-state index >= 15 is 0 Å². The molecule has 0 spiro atoms. The van der Waals surface area contributed by atoms with Crippen LogP contribution in [0.25, 0.3) is 0 Å². The number of rotatable bonds is 3. The van der Waals surface area contributed by atoms with E-state index in [1.165, 1.54) is 12.1 Å². The zero-order valence-electron chi connectivity index (χ0n) is 9.56. The largest absolute Gasteiger partial charge is 0.508 e. The molecule has 3 nitrogen and oxygen atoms in total. The highest BCUT2D eigenvalue weighted by Crippen LogP contribution is 2.12. The SMILES string of the molecule is O=C(NCc1cccc(Cl)c1)c1cccc(O)c1. The fourth-order valence-corrected chi connectivity index (χ4v) is 1.79. The molecule has 0 saturated heterocycles. The zero-order valence-corrected chi connectivity index (χ0v) is 10.3. The molecule has 0 atom stereocenters. The minimum Gasteiger partial charge on any atom is -0.508 e. The van der Waals surface area contributed by atoms with Gasteiger partial charge in [0.15, 0.2) is 0 Å². The van der Waals surface area contributed by atoms with Crippen LogP contribution in [0.15, 0.2) is 48.5 Å². The Hall–Kier alpha value is -2.00. The first kappa shape index (κ1) is 12.5. The monoisotopic (exact) mass is 261 g/mol. The molecule has 92 valence electrons. The van der Waals surface area contributed by atoms with Crippen molar-refractivity contribution in [2.24, 2.45) is 0 Å². The number of aromatic hydroxyl groups is 1. The summed E-state index contributed by atoms with van der Waals surface area (Å²) in [5.74, 6) is -0.156. The van der Waals surface area contributed by atoms with Gasteiger partial charge < -0.3 is 10.4 Å². The van der Waals surface area contributed by atoms with E-state index in [9.17, 15) is 9.90 Å². The summed E-state index contributed by atoms with van der Waals surface area (Å²) >= 11 is 5.85. The Balaban J connectivity index is 2.00. The number of phenolic OH excluding ortho intramolecular Hbond substituents is 1. The van der Waals surface area contributed by atoms with Crippen LogP contribution in [-0.4, -0.2) is 11.0 Å². The Labute approximate surface area is 110 Å². The second-order valence-electron chi connectivity index (χ2n) is 3.86. The van der Waals surface area contributed by atoms with Crippen molar-refractivity contribution in [1.82, 2.24) is 5.32 Å². The molecule has 0 aliphatic rings. The van der Waals surface area contributed by atoms with Crippen LogP contribution in [0.3, 0.4) is 0 Å². The standard InChI is InChI=1S/C14H12ClNO2/c15-12-5-1-3-10(7-12)9-16-14(18)11-4-2-6-13(17)8-11/h1-8,17H,9H2,(H,16,18). The van der Waals surface area contributed by atoms with Gasteiger partial charge in [0.1, 0.15) is 5.75 Å². The van der Waals surface area contributed by atoms with Crippen LogP contribution in [0.4, 0.5) is 0 Å². The Morgan fingerprint density at radius 3 is 2.67 bits per heavy atom. The molecule has 2 N–H and O–H groups in total. The molecule has 0 aliphatic heterocycles. The van der Waals surface area contributed by atoms with E-state index < -0.39 is 0 Å². The lowest BCUT2D eigenvalue weighted by atomic mass is 10.2. The molecule has 4 heteroatoms. The molecule has 0 unspecified atom stereocenters. The Morgan fingerprint density at radius 1 is 1.17 bits per heavy atom. The summed E-state index contributed by atoms with van der Waals surface area (Å²) in [5.41, 5.74) is 1.35. The second kappa shape index (κ2) is 5.56. The van der Waals surface area contributed by atoms with Gasteiger partial charge in [0.2, 0.25) is 0 Å². The summed E-state index contributed by atoms with van der Waals surface area (Å²) in [6.45, 7) is 0.398. The molecule has 0 radical (unpaired) electrons. The van der Waals surface area contributed by atoms with Gasteiger partial charge in [-0.2, -0.15) is 0 Å². The number of carbonyl (C=O) groups is 1. The van der Waals surface area contributed by atoms with Crippen LogP contribution < -0.4 is 5.32 Å². The first-order chi connectivity index (χ1) is 8.65. The van der Waals surface area contributed by atoms with Crippen molar-refractivity contribution < 1.29 is 9.90 Å². The number of phenols is 1. The van der Waals surface area contributed by atoms with Gasteiger partial charge in [0.05, 0.1) is 0 Å². The minimum atomic E-state index is -0.231. The van der Waals surface area contributed by atoms with E-state index in [0.29, 0.717) is 17.1 Å². The molecule has 1 amide bonds. The third-order valence-corrected chi connectivity index (χ3v) is 2.69. The van der Waals surface area contributed by atoms with Crippen molar-refractivity contribution in [3.8, 4) is 5.75 Å². The van der Waals surface area contributed by atoms with Crippen molar-refractivity contribution >= 4 is 17.5 Å². The van der Waals surface area contributed by atoms with Crippen LogP contribution in [0.2, 0.25) is 5.02 Å². The fourth-order valence-electron chi connectivity index (χ4n) is 1.58. The Bertz CT molecular complexity index is 569. The second-order valence-corrected chi connectivity index (χ2v) is 4.30. The summed E-state index contributed by atoms with van der Waals surface area (Å²) in [4.78, 5) is 11.8. The molecule has 2 rings (SSSR count). The molecular formula is C14H12ClNO2. The van der Waals surface area contributed by atoms with Crippen LogP contribution in [-0.2, 0) is 6.54 Å². The molecule has 0 bridgehead atoms. The van der Waals surface area contributed by atoms with Gasteiger partial charge in [-0.25, -0.2) is 0 Å². The summed E-state index contributed by atoms with van der Waals surface area (Å²) < 4.78 is 0. The van der Waals surface area contributed by atoms with Crippen LogP contribution in [0.5, 0.6) is 5.75 Å². The Morgan fingerprint density at radius 2 is 1.94 bits per heavy atom. The number of nitrogens with one attached hydrogen (secondary N) is 1. The number of hydrogen-bond donors (Lipinski definition) is 2. The van der Waals surface area contributed by atoms with Crippen LogP contribution >= 0.6 is 11.6 Å². The highest BCUT2D eigenvalue weighted by molar-refractivity contribution is 6.30. The molecule has 2 aromatic carbocycles. The summed E-state index contributed by atoms with van der Waals surface area (Å²) in [5, 5.41) is 12.7. The lowest BCUT2D eigenvalue weighted by Gasteiger charge is -2.06. The van der Waals surface area contributed by atoms with Gasteiger partial charge in [-0.15, -0.1) is 0 Å². The van der Waals surface area contributed by atoms with E-state index in [-0.39, 0.29) is 11.7 Å². The van der Waals surface area contributed by atoms with E-state index in [1.807, 2.05) is 12.1 Å². The normalized spacial score (nSPS) is 10.1. The lowest BCUT2D eigenvalue weighted by Crippen LogP contribution is -2.22. The molecule has 0 aliphatic carbocycles. The summed E-state index contributed by atoms with van der Waals surface area (Å²) in [6, 6.07) is 13.5. The molecule has 18 heavy (non-hydrogen) atoms. The van der Waals surface area contributed by atoms with Gasteiger partial charge in [0, 0.05) is 17.1 Å². The predicted molar refractivity (Wildman–Crippen MR) is 70.7 cm³/mol. The molecule has 0 saturated carbocycles. The number of halogens is 1. The fraction of sp³-hybridized carbons (Fsp3) is 0.0714. The van der Waals surface area contributed by atoms with Crippen molar-refractivity contribution in [1.29, 1.82) is 0 Å². The number of hydrogen-bond acceptors (Lipinski definition) is 2. The van der Waals surface area contributed by atoms with E-state index in [4.69, 9.17) is 11.6 Å². The van der Waals surface area contributed by atoms with Crippen molar-refractivity contribution in [3.63, 3.8) is 0 Å². The smallest absolute Gasteiger partial charge is 0.251 e. The third kappa shape index (κ3) is 3.25. The number of carbonyl (C=O) groups excluding carboxylic acids is 1. The van der Waals surface area contributed by atoms with Crippen LogP contribution in [0, 0.1) is 0 Å². The quantitative estimate of drug-likeness (QED) is 0.892. The Kier molecular flexibility index (Phi) is 3.85. The average molecular weight is 262 g/mol. The molecule has 2 aromatic rings. The van der Waals surface area contributed by atoms with E-state index in [1.54, 1.807) is 24.3 Å². The summed E-state index contributed by atoms with van der Waals surface area (Å²) in [6.07, 6.45) is 0. The average Bonchev–Trinajstić information content (AvgIpc) is 2.36. The topological polar surface area (TPSA) is 49.3 Å². The van der Waals surface area contributed by atoms with Crippen molar-refractivity contribution in [3.05, 3.63) is 64.7 Å². The lowest BCUT2D eigenvalue weighted by molar-refractivity contribution is 0.0950. The maximum Gasteiger partial charge on any atom is 0.251 e. The molecule has 0 aromatic heterocycles. The predicted octanol–water partition coefficient (Wildman–Crippen LogP) is 2.98. The first-order valence-electron chi connectivity index (χ1n) is 5.47. The maximum atomic E-state index is 11.8. The van der Waals surface area contributed by atoms with Crippen molar-refractivity contribution in [2.75, 3.05) is 0 Å². The maximum absolute atomic E-state index is 11.8. The highest BCUT2D eigenvalue weighted by atomic mass is 35.5. The van der Waals surface area contributed by atoms with Crippen LogP contribution in [0.1, 0.15) is 15.9 Å². The molecular weight excluding hydrogens is 250 g/mol. The zero-order chi connectivity index (χ0) is 13.0. The third-order valence-electron chi connectivity index (χ3n) is 2.45. The van der Waals surface area contributed by atoms with Gasteiger partial charge in [-0.3, -0.25) is 4.79 Å². The molecule has 0 fully saturated rings. The van der Waals surface area contributed by atoms with Gasteiger partial charge in [-0.1, -0.05) is 29.8 Å². The molecule has 0 heterocycles. The number of benzene rings is 2. The van der Waals surface area contributed by atoms with Gasteiger partial charge in [-0.05, 0) is 35.9 Å². The first-order valence-corrected chi connectivity index (χ1v) is 5.84. The van der Waals surface area contributed by atoms with Gasteiger partial charge >= 0.3 is 0 Å². The van der Waals surface area contributed by atoms with Gasteiger partial charge in [0.25, 0.3) is 5.91 Å². The van der Waals surface area contributed by atoms with Crippen molar-refractivity contribution in [2.45, 2.75) is 6.54 Å². The minimum absolute atomic E-state index is 0.0744.